The Hall–Kier alpha value is -2.96. The molecule has 1 aliphatic heterocycles. The van der Waals surface area contributed by atoms with Gasteiger partial charge in [-0.05, 0) is 69.7 Å². The van der Waals surface area contributed by atoms with Gasteiger partial charge < -0.3 is 15.0 Å². The average molecular weight is 445 g/mol. The summed E-state index contributed by atoms with van der Waals surface area (Å²) in [4.78, 5) is 26.8. The summed E-state index contributed by atoms with van der Waals surface area (Å²) in [7, 11) is 0. The molecular weight excluding hydrogens is 414 g/mol. The van der Waals surface area contributed by atoms with Crippen molar-refractivity contribution in [3.63, 3.8) is 0 Å². The Morgan fingerprint density at radius 3 is 2.31 bits per heavy atom. The maximum Gasteiger partial charge on any atom is 0.410 e. The van der Waals surface area contributed by atoms with Gasteiger partial charge in [0.2, 0.25) is 0 Å². The first-order valence-electron chi connectivity index (χ1n) is 10.9. The molecular formula is C25H30F2N2O3. The molecule has 1 fully saturated rings. The molecule has 0 aliphatic carbocycles. The fourth-order valence-electron chi connectivity index (χ4n) is 3.85. The molecule has 2 aromatic carbocycles. The monoisotopic (exact) mass is 444 g/mol. The molecule has 5 nitrogen and oxygen atoms in total. The van der Waals surface area contributed by atoms with Crippen molar-refractivity contribution in [2.24, 2.45) is 5.92 Å². The van der Waals surface area contributed by atoms with Crippen molar-refractivity contribution in [2.45, 2.75) is 51.7 Å². The summed E-state index contributed by atoms with van der Waals surface area (Å²) in [6, 6.07) is 12.4. The number of hydrogen-bond donors (Lipinski definition) is 1. The summed E-state index contributed by atoms with van der Waals surface area (Å²) in [6.07, 6.45) is 1.97. The van der Waals surface area contributed by atoms with Gasteiger partial charge >= 0.3 is 6.09 Å². The van der Waals surface area contributed by atoms with Crippen molar-refractivity contribution in [1.82, 2.24) is 10.2 Å². The summed E-state index contributed by atoms with van der Waals surface area (Å²) in [5.41, 5.74) is 0.485. The van der Waals surface area contributed by atoms with E-state index in [1.54, 1.807) is 4.90 Å². The van der Waals surface area contributed by atoms with Gasteiger partial charge in [0.25, 0.3) is 5.91 Å². The van der Waals surface area contributed by atoms with Crippen LogP contribution in [-0.2, 0) is 4.74 Å². The average Bonchev–Trinajstić information content (AvgIpc) is 2.75. The molecule has 1 unspecified atom stereocenters. The number of piperidine rings is 1. The Bertz CT molecular complexity index is 936. The lowest BCUT2D eigenvalue weighted by atomic mass is 9.87. The van der Waals surface area contributed by atoms with Gasteiger partial charge in [-0.2, -0.15) is 0 Å². The number of ether oxygens (including phenoxy) is 1. The molecule has 32 heavy (non-hydrogen) atoms. The number of nitrogens with one attached hydrogen (secondary N) is 1. The third-order valence-electron chi connectivity index (χ3n) is 5.52. The standard InChI is InChI=1S/C25H30F2N2O3/c1-25(2,3)32-24(31)29-13-11-17(12-14-29)15-22(18-7-5-4-6-8-18)28-23(30)19-9-10-20(26)21(27)16-19/h4-10,16-17,22H,11-15H2,1-3H3,(H,28,30). The number of carbonyl (C=O) groups excluding carboxylic acids is 2. The first-order chi connectivity index (χ1) is 15.1. The molecule has 3 rings (SSSR count). The predicted molar refractivity (Wildman–Crippen MR) is 118 cm³/mol. The molecule has 1 aliphatic rings. The van der Waals surface area contributed by atoms with E-state index in [1.165, 1.54) is 6.07 Å². The van der Waals surface area contributed by atoms with E-state index in [0.717, 1.165) is 30.5 Å². The predicted octanol–water partition coefficient (Wildman–Crippen LogP) is 5.47. The Kier molecular flexibility index (Phi) is 7.48. The van der Waals surface area contributed by atoms with Crippen molar-refractivity contribution in [3.05, 3.63) is 71.3 Å². The van der Waals surface area contributed by atoms with Crippen LogP contribution in [0.2, 0.25) is 0 Å². The van der Waals surface area contributed by atoms with Crippen molar-refractivity contribution in [1.29, 1.82) is 0 Å². The summed E-state index contributed by atoms with van der Waals surface area (Å²) < 4.78 is 32.3. The van der Waals surface area contributed by atoms with Crippen LogP contribution >= 0.6 is 0 Å². The van der Waals surface area contributed by atoms with Crippen molar-refractivity contribution >= 4 is 12.0 Å². The summed E-state index contributed by atoms with van der Waals surface area (Å²) >= 11 is 0. The van der Waals surface area contributed by atoms with Gasteiger partial charge in [0.05, 0.1) is 6.04 Å². The van der Waals surface area contributed by atoms with E-state index in [9.17, 15) is 18.4 Å². The van der Waals surface area contributed by atoms with Crippen molar-refractivity contribution < 1.29 is 23.1 Å². The van der Waals surface area contributed by atoms with Gasteiger partial charge in [-0.15, -0.1) is 0 Å². The molecule has 2 amide bonds. The van der Waals surface area contributed by atoms with Crippen LogP contribution in [0.25, 0.3) is 0 Å². The zero-order chi connectivity index (χ0) is 23.3. The zero-order valence-electron chi connectivity index (χ0n) is 18.7. The Balaban J connectivity index is 1.65. The van der Waals surface area contributed by atoms with Gasteiger partial charge in [0.15, 0.2) is 11.6 Å². The quantitative estimate of drug-likeness (QED) is 0.665. The lowest BCUT2D eigenvalue weighted by molar-refractivity contribution is 0.0178. The molecule has 172 valence electrons. The number of hydrogen-bond acceptors (Lipinski definition) is 3. The molecule has 0 saturated carbocycles. The molecule has 1 heterocycles. The summed E-state index contributed by atoms with van der Waals surface area (Å²) in [6.45, 7) is 6.73. The van der Waals surface area contributed by atoms with Crippen molar-refractivity contribution in [2.75, 3.05) is 13.1 Å². The minimum absolute atomic E-state index is 0.0737. The van der Waals surface area contributed by atoms with Crippen molar-refractivity contribution in [3.8, 4) is 0 Å². The highest BCUT2D eigenvalue weighted by Gasteiger charge is 2.29. The highest BCUT2D eigenvalue weighted by Crippen LogP contribution is 2.29. The van der Waals surface area contributed by atoms with Crippen LogP contribution in [0.4, 0.5) is 13.6 Å². The maximum atomic E-state index is 13.6. The van der Waals surface area contributed by atoms with Crippen LogP contribution < -0.4 is 5.32 Å². The third-order valence-corrected chi connectivity index (χ3v) is 5.52. The third kappa shape index (κ3) is 6.52. The minimum atomic E-state index is -1.05. The van der Waals surface area contributed by atoms with Gasteiger partial charge in [-0.3, -0.25) is 4.79 Å². The van der Waals surface area contributed by atoms with E-state index in [1.807, 2.05) is 51.1 Å². The number of halogens is 2. The molecule has 1 atom stereocenters. The number of rotatable bonds is 5. The largest absolute Gasteiger partial charge is 0.444 e. The zero-order valence-corrected chi connectivity index (χ0v) is 18.7. The molecule has 0 aromatic heterocycles. The fourth-order valence-corrected chi connectivity index (χ4v) is 3.85. The molecule has 0 radical (unpaired) electrons. The van der Waals surface area contributed by atoms with Crippen LogP contribution in [0, 0.1) is 17.6 Å². The first-order valence-corrected chi connectivity index (χ1v) is 10.9. The number of benzene rings is 2. The smallest absolute Gasteiger partial charge is 0.410 e. The molecule has 1 saturated heterocycles. The van der Waals surface area contributed by atoms with E-state index >= 15 is 0 Å². The highest BCUT2D eigenvalue weighted by atomic mass is 19.2. The number of carbonyl (C=O) groups is 2. The normalized spacial score (nSPS) is 15.8. The van der Waals surface area contributed by atoms with Crippen LogP contribution in [0.3, 0.4) is 0 Å². The SMILES string of the molecule is CC(C)(C)OC(=O)N1CCC(CC(NC(=O)c2ccc(F)c(F)c2)c2ccccc2)CC1. The van der Waals surface area contributed by atoms with Crippen LogP contribution in [0.15, 0.2) is 48.5 Å². The summed E-state index contributed by atoms with van der Waals surface area (Å²) in [5.74, 6) is -2.20. The van der Waals surface area contributed by atoms with E-state index in [0.29, 0.717) is 25.4 Å². The molecule has 0 spiro atoms. The molecule has 0 bridgehead atoms. The Morgan fingerprint density at radius 1 is 1.06 bits per heavy atom. The van der Waals surface area contributed by atoms with Crippen LogP contribution in [0.1, 0.15) is 62.0 Å². The molecule has 2 aromatic rings. The topological polar surface area (TPSA) is 58.6 Å². The lowest BCUT2D eigenvalue weighted by Gasteiger charge is -2.35. The maximum absolute atomic E-state index is 13.6. The van der Waals surface area contributed by atoms with Gasteiger partial charge in [0, 0.05) is 18.7 Å². The van der Waals surface area contributed by atoms with Gasteiger partial charge in [-0.25, -0.2) is 13.6 Å². The second-order valence-electron chi connectivity index (χ2n) is 9.21. The van der Waals surface area contributed by atoms with Crippen LogP contribution in [-0.4, -0.2) is 35.6 Å². The van der Waals surface area contributed by atoms with E-state index in [2.05, 4.69) is 5.32 Å². The number of likely N-dealkylation sites (tertiary alicyclic amines) is 1. The number of nitrogens with zero attached hydrogens (tertiary/aromatic N) is 1. The highest BCUT2D eigenvalue weighted by molar-refractivity contribution is 5.94. The van der Waals surface area contributed by atoms with E-state index in [-0.39, 0.29) is 17.7 Å². The van der Waals surface area contributed by atoms with Gasteiger partial charge in [0.1, 0.15) is 5.60 Å². The molecule has 1 N–H and O–H groups in total. The molecule has 7 heteroatoms. The Labute approximate surface area is 187 Å². The first kappa shape index (κ1) is 23.7. The minimum Gasteiger partial charge on any atom is -0.444 e. The van der Waals surface area contributed by atoms with E-state index in [4.69, 9.17) is 4.74 Å². The fraction of sp³-hybridized carbons (Fsp3) is 0.440. The lowest BCUT2D eigenvalue weighted by Crippen LogP contribution is -2.42. The van der Waals surface area contributed by atoms with E-state index < -0.39 is 23.1 Å². The summed E-state index contributed by atoms with van der Waals surface area (Å²) in [5, 5.41) is 2.98. The van der Waals surface area contributed by atoms with Gasteiger partial charge in [-0.1, -0.05) is 30.3 Å². The number of amides is 2. The second-order valence-corrected chi connectivity index (χ2v) is 9.21. The van der Waals surface area contributed by atoms with Crippen LogP contribution in [0.5, 0.6) is 0 Å². The second kappa shape index (κ2) is 10.1. The Morgan fingerprint density at radius 2 is 1.72 bits per heavy atom.